The standard InChI is InChI=1S/C14H19N3O2/c1-4-10(5-2)16(3)13-12(14(18)19)17-9-7-6-8-11(17)15-13/h6-10H,4-5H2,1-3H3,(H,18,19). The Kier molecular flexibility index (Phi) is 3.74. The maximum atomic E-state index is 11.5. The second-order valence-electron chi connectivity index (χ2n) is 4.60. The predicted octanol–water partition coefficient (Wildman–Crippen LogP) is 2.66. The van der Waals surface area contributed by atoms with Gasteiger partial charge in [0.15, 0.2) is 11.5 Å². The van der Waals surface area contributed by atoms with Gasteiger partial charge in [-0.2, -0.15) is 0 Å². The number of hydrogen-bond acceptors (Lipinski definition) is 3. The van der Waals surface area contributed by atoms with Crippen LogP contribution < -0.4 is 4.90 Å². The van der Waals surface area contributed by atoms with Crippen molar-refractivity contribution in [1.82, 2.24) is 9.38 Å². The van der Waals surface area contributed by atoms with Gasteiger partial charge in [-0.25, -0.2) is 9.78 Å². The average Bonchev–Trinajstić information content (AvgIpc) is 2.79. The molecule has 0 saturated heterocycles. The lowest BCUT2D eigenvalue weighted by atomic mass is 10.1. The van der Waals surface area contributed by atoms with Crippen LogP contribution in [0.5, 0.6) is 0 Å². The highest BCUT2D eigenvalue weighted by Crippen LogP contribution is 2.24. The highest BCUT2D eigenvalue weighted by Gasteiger charge is 2.24. The van der Waals surface area contributed by atoms with E-state index in [-0.39, 0.29) is 5.69 Å². The third-order valence-corrected chi connectivity index (χ3v) is 3.54. The van der Waals surface area contributed by atoms with Crippen molar-refractivity contribution < 1.29 is 9.90 Å². The van der Waals surface area contributed by atoms with E-state index in [2.05, 4.69) is 18.8 Å². The normalized spacial score (nSPS) is 11.2. The Morgan fingerprint density at radius 1 is 1.42 bits per heavy atom. The van der Waals surface area contributed by atoms with E-state index in [1.807, 2.05) is 30.1 Å². The SMILES string of the molecule is CCC(CC)N(C)c1nc2ccccn2c1C(=O)O. The van der Waals surface area contributed by atoms with Crippen molar-refractivity contribution >= 4 is 17.4 Å². The molecule has 0 aliphatic rings. The molecule has 0 radical (unpaired) electrons. The summed E-state index contributed by atoms with van der Waals surface area (Å²) in [5, 5.41) is 9.44. The number of aromatic carboxylic acids is 1. The summed E-state index contributed by atoms with van der Waals surface area (Å²) in [6.45, 7) is 4.20. The molecular formula is C14H19N3O2. The molecule has 0 saturated carbocycles. The molecule has 2 aromatic heterocycles. The van der Waals surface area contributed by atoms with Crippen molar-refractivity contribution in [3.8, 4) is 0 Å². The van der Waals surface area contributed by atoms with Crippen LogP contribution in [0.4, 0.5) is 5.82 Å². The third-order valence-electron chi connectivity index (χ3n) is 3.54. The van der Waals surface area contributed by atoms with Gasteiger partial charge in [-0.3, -0.25) is 4.40 Å². The number of hydrogen-bond donors (Lipinski definition) is 1. The maximum Gasteiger partial charge on any atom is 0.356 e. The highest BCUT2D eigenvalue weighted by molar-refractivity contribution is 5.93. The molecule has 102 valence electrons. The first-order valence-corrected chi connectivity index (χ1v) is 6.53. The van der Waals surface area contributed by atoms with E-state index in [9.17, 15) is 9.90 Å². The molecule has 0 spiro atoms. The van der Waals surface area contributed by atoms with E-state index in [0.29, 0.717) is 17.5 Å². The number of nitrogens with zero attached hydrogens (tertiary/aromatic N) is 3. The zero-order valence-electron chi connectivity index (χ0n) is 11.5. The molecule has 0 aliphatic heterocycles. The first kappa shape index (κ1) is 13.4. The molecule has 2 aromatic rings. The van der Waals surface area contributed by atoms with Crippen molar-refractivity contribution in [3.63, 3.8) is 0 Å². The molecule has 0 fully saturated rings. The molecule has 0 aliphatic carbocycles. The van der Waals surface area contributed by atoms with Crippen LogP contribution in [0.1, 0.15) is 37.2 Å². The number of pyridine rings is 1. The van der Waals surface area contributed by atoms with Crippen LogP contribution in [0.15, 0.2) is 24.4 Å². The molecule has 2 heterocycles. The topological polar surface area (TPSA) is 57.8 Å². The number of anilines is 1. The van der Waals surface area contributed by atoms with Crippen LogP contribution >= 0.6 is 0 Å². The van der Waals surface area contributed by atoms with Crippen molar-refractivity contribution in [3.05, 3.63) is 30.1 Å². The summed E-state index contributed by atoms with van der Waals surface area (Å²) in [4.78, 5) is 17.9. The molecule has 0 bridgehead atoms. The Morgan fingerprint density at radius 2 is 2.11 bits per heavy atom. The van der Waals surface area contributed by atoms with Gasteiger partial charge in [0.05, 0.1) is 0 Å². The van der Waals surface area contributed by atoms with Crippen molar-refractivity contribution in [2.24, 2.45) is 0 Å². The molecule has 0 aromatic carbocycles. The smallest absolute Gasteiger partial charge is 0.356 e. The Bertz CT molecular complexity index is 587. The summed E-state index contributed by atoms with van der Waals surface area (Å²) < 4.78 is 1.62. The van der Waals surface area contributed by atoms with Gasteiger partial charge in [-0.15, -0.1) is 0 Å². The van der Waals surface area contributed by atoms with Crippen molar-refractivity contribution in [2.45, 2.75) is 32.7 Å². The van der Waals surface area contributed by atoms with Gasteiger partial charge < -0.3 is 10.0 Å². The number of fused-ring (bicyclic) bond motifs is 1. The minimum Gasteiger partial charge on any atom is -0.476 e. The second kappa shape index (κ2) is 5.30. The number of carboxylic acid groups (broad SMARTS) is 1. The zero-order valence-corrected chi connectivity index (χ0v) is 11.5. The number of imidazole rings is 1. The van der Waals surface area contributed by atoms with Gasteiger partial charge in [0.1, 0.15) is 5.65 Å². The first-order chi connectivity index (χ1) is 9.10. The number of rotatable bonds is 5. The summed E-state index contributed by atoms with van der Waals surface area (Å²) in [7, 11) is 1.91. The van der Waals surface area contributed by atoms with E-state index in [4.69, 9.17) is 0 Å². The molecule has 19 heavy (non-hydrogen) atoms. The van der Waals surface area contributed by atoms with Crippen LogP contribution in [0.3, 0.4) is 0 Å². The van der Waals surface area contributed by atoms with E-state index in [1.165, 1.54) is 0 Å². The van der Waals surface area contributed by atoms with E-state index in [1.54, 1.807) is 10.6 Å². The summed E-state index contributed by atoms with van der Waals surface area (Å²) >= 11 is 0. The monoisotopic (exact) mass is 261 g/mol. The lowest BCUT2D eigenvalue weighted by Crippen LogP contribution is -2.32. The van der Waals surface area contributed by atoms with Crippen molar-refractivity contribution in [2.75, 3.05) is 11.9 Å². The fourth-order valence-corrected chi connectivity index (χ4v) is 2.44. The summed E-state index contributed by atoms with van der Waals surface area (Å²) in [5.74, 6) is -0.418. The maximum absolute atomic E-state index is 11.5. The minimum atomic E-state index is -0.952. The quantitative estimate of drug-likeness (QED) is 0.899. The molecule has 5 nitrogen and oxygen atoms in total. The molecule has 0 atom stereocenters. The number of carboxylic acids is 1. The Hall–Kier alpha value is -2.04. The van der Waals surface area contributed by atoms with Crippen LogP contribution in [0.25, 0.3) is 5.65 Å². The molecule has 0 amide bonds. The molecule has 5 heteroatoms. The number of aromatic nitrogens is 2. The van der Waals surface area contributed by atoms with Crippen molar-refractivity contribution in [1.29, 1.82) is 0 Å². The van der Waals surface area contributed by atoms with Crippen LogP contribution in [-0.4, -0.2) is 33.6 Å². The molecule has 0 unspecified atom stereocenters. The molecule has 1 N–H and O–H groups in total. The third kappa shape index (κ3) is 2.28. The van der Waals surface area contributed by atoms with Crippen LogP contribution in [0, 0.1) is 0 Å². The Balaban J connectivity index is 2.59. The Morgan fingerprint density at radius 3 is 2.68 bits per heavy atom. The second-order valence-corrected chi connectivity index (χ2v) is 4.60. The zero-order chi connectivity index (χ0) is 14.0. The summed E-state index contributed by atoms with van der Waals surface area (Å²) in [6, 6.07) is 5.77. The fraction of sp³-hybridized carbons (Fsp3) is 0.429. The predicted molar refractivity (Wildman–Crippen MR) is 74.9 cm³/mol. The average molecular weight is 261 g/mol. The summed E-state index contributed by atoms with van der Waals surface area (Å²) in [5.41, 5.74) is 0.887. The lowest BCUT2D eigenvalue weighted by molar-refractivity contribution is 0.0690. The lowest BCUT2D eigenvalue weighted by Gasteiger charge is -2.26. The summed E-state index contributed by atoms with van der Waals surface area (Å²) in [6.07, 6.45) is 3.65. The van der Waals surface area contributed by atoms with Gasteiger partial charge in [0, 0.05) is 19.3 Å². The van der Waals surface area contributed by atoms with Gasteiger partial charge in [-0.05, 0) is 25.0 Å². The Labute approximate surface area is 112 Å². The van der Waals surface area contributed by atoms with Crippen LogP contribution in [-0.2, 0) is 0 Å². The highest BCUT2D eigenvalue weighted by atomic mass is 16.4. The van der Waals surface area contributed by atoms with E-state index >= 15 is 0 Å². The van der Waals surface area contributed by atoms with Gasteiger partial charge >= 0.3 is 5.97 Å². The fourth-order valence-electron chi connectivity index (χ4n) is 2.44. The van der Waals surface area contributed by atoms with Crippen LogP contribution in [0.2, 0.25) is 0 Å². The number of carbonyl (C=O) groups is 1. The van der Waals surface area contributed by atoms with E-state index < -0.39 is 5.97 Å². The minimum absolute atomic E-state index is 0.227. The molecular weight excluding hydrogens is 242 g/mol. The van der Waals surface area contributed by atoms with Gasteiger partial charge in [-0.1, -0.05) is 19.9 Å². The van der Waals surface area contributed by atoms with E-state index in [0.717, 1.165) is 12.8 Å². The van der Waals surface area contributed by atoms with Gasteiger partial charge in [0.25, 0.3) is 0 Å². The van der Waals surface area contributed by atoms with Gasteiger partial charge in [0.2, 0.25) is 0 Å². The first-order valence-electron chi connectivity index (χ1n) is 6.53. The molecule has 2 rings (SSSR count). The largest absolute Gasteiger partial charge is 0.476 e.